The second kappa shape index (κ2) is 16.8. The Balaban J connectivity index is 0.000000811. The van der Waals surface area contributed by atoms with Gasteiger partial charge in [-0.25, -0.2) is 9.78 Å². The first-order valence-electron chi connectivity index (χ1n) is 18.3. The molecule has 2 amide bonds. The van der Waals surface area contributed by atoms with E-state index in [0.29, 0.717) is 11.5 Å². The average Bonchev–Trinajstić information content (AvgIpc) is 3.47. The number of azo groups is 1. The normalized spacial score (nSPS) is 14.4. The number of halogens is 6. The summed E-state index contributed by atoms with van der Waals surface area (Å²) in [5.74, 6) is -1.47. The Hall–Kier alpha value is -5.70. The third-order valence-electron chi connectivity index (χ3n) is 8.93. The number of fused-ring (bicyclic) bond motifs is 2. The first-order valence-corrected chi connectivity index (χ1v) is 20.3. The summed E-state index contributed by atoms with van der Waals surface area (Å²) in [6.45, 7) is 6.98. The molecular formula is C39H42F6N7O4P. The summed E-state index contributed by atoms with van der Waals surface area (Å²) in [5, 5.41) is 9.74. The first-order chi connectivity index (χ1) is 26.8. The summed E-state index contributed by atoms with van der Waals surface area (Å²) in [6.07, 6.45) is 2.65. The van der Waals surface area contributed by atoms with E-state index in [9.17, 15) is 39.6 Å². The molecule has 304 valence electrons. The number of carbonyl (C=O) groups excluding carboxylic acids is 3. The molecule has 0 atom stereocenters. The predicted molar refractivity (Wildman–Crippen MR) is 207 cm³/mol. The number of benzene rings is 4. The van der Waals surface area contributed by atoms with Crippen molar-refractivity contribution in [1.29, 1.82) is 0 Å². The first kappa shape index (κ1) is 42.4. The minimum atomic E-state index is -10.7. The van der Waals surface area contributed by atoms with Crippen LogP contribution in [0.15, 0.2) is 101 Å². The number of hydrogen-bond donors (Lipinski definition) is 0. The summed E-state index contributed by atoms with van der Waals surface area (Å²) in [4.78, 5) is 49.7. The van der Waals surface area contributed by atoms with Crippen LogP contribution in [0.4, 0.5) is 47.9 Å². The van der Waals surface area contributed by atoms with Crippen LogP contribution in [0.2, 0.25) is 0 Å². The fourth-order valence-corrected chi connectivity index (χ4v) is 6.15. The van der Waals surface area contributed by atoms with Crippen LogP contribution >= 0.6 is 7.81 Å². The van der Waals surface area contributed by atoms with Gasteiger partial charge >= 0.3 is 39.0 Å². The molecule has 0 spiro atoms. The second-order valence-electron chi connectivity index (χ2n) is 13.3. The number of imide groups is 1. The Bertz CT molecular complexity index is 2250. The van der Waals surface area contributed by atoms with Crippen molar-refractivity contribution in [2.45, 2.75) is 52.4 Å². The van der Waals surface area contributed by atoms with Crippen LogP contribution in [0, 0.1) is 0 Å². The van der Waals surface area contributed by atoms with Crippen molar-refractivity contribution in [3.05, 3.63) is 91.0 Å². The van der Waals surface area contributed by atoms with E-state index in [2.05, 4.69) is 68.8 Å². The molecule has 0 bridgehead atoms. The summed E-state index contributed by atoms with van der Waals surface area (Å²) in [7, 11) is -8.63. The summed E-state index contributed by atoms with van der Waals surface area (Å²) < 4.78 is 61.4. The van der Waals surface area contributed by atoms with E-state index in [1.54, 1.807) is 0 Å². The standard InChI is InChI=1S/C39H42N7O4.F6P/c1-4-44(5-2)32-20-22-34-36(27-32)45(31-12-8-6-9-13-31)35-26-29(17-21-33(35)40-34)42-41-28-15-18-30(19-16-28)43(3)25-11-7-10-14-39(49)50-46-37(47)23-24-38(46)48;1-7(2,3,4,5)6/h6,8-9,12-13,15-22,26-27H,4-5,7,10-11,14,23-25H2,1-3H3;/q+1;-1. The van der Waals surface area contributed by atoms with Gasteiger partial charge in [-0.05, 0) is 75.2 Å². The number of nitrogens with zero attached hydrogens (tertiary/aromatic N) is 7. The van der Waals surface area contributed by atoms with Gasteiger partial charge in [0.1, 0.15) is 11.0 Å². The van der Waals surface area contributed by atoms with Crippen LogP contribution in [0.3, 0.4) is 0 Å². The van der Waals surface area contributed by atoms with Gasteiger partial charge in [0.2, 0.25) is 16.7 Å². The van der Waals surface area contributed by atoms with E-state index in [1.807, 2.05) is 67.7 Å². The molecule has 57 heavy (non-hydrogen) atoms. The Labute approximate surface area is 324 Å². The summed E-state index contributed by atoms with van der Waals surface area (Å²) in [5.41, 5.74) is 8.49. The van der Waals surface area contributed by atoms with Gasteiger partial charge in [-0.2, -0.15) is 10.2 Å². The summed E-state index contributed by atoms with van der Waals surface area (Å²) in [6, 6.07) is 30.7. The van der Waals surface area contributed by atoms with E-state index in [0.717, 1.165) is 83.0 Å². The van der Waals surface area contributed by atoms with Gasteiger partial charge in [0, 0.05) is 81.6 Å². The number of aromatic nitrogens is 2. The minimum absolute atomic E-state index is 0.0933. The van der Waals surface area contributed by atoms with Gasteiger partial charge in [0.15, 0.2) is 0 Å². The molecule has 2 heterocycles. The van der Waals surface area contributed by atoms with Gasteiger partial charge in [0.25, 0.3) is 11.8 Å². The number of amides is 2. The van der Waals surface area contributed by atoms with E-state index in [4.69, 9.17) is 9.82 Å². The van der Waals surface area contributed by atoms with Crippen LogP contribution in [0.5, 0.6) is 0 Å². The molecule has 0 aliphatic carbocycles. The molecule has 1 saturated heterocycles. The Morgan fingerprint density at radius 1 is 0.754 bits per heavy atom. The maximum atomic E-state index is 12.0. The molecule has 0 unspecified atom stereocenters. The van der Waals surface area contributed by atoms with Gasteiger partial charge in [0.05, 0.1) is 11.4 Å². The van der Waals surface area contributed by atoms with Crippen LogP contribution in [-0.4, -0.2) is 54.5 Å². The van der Waals surface area contributed by atoms with Crippen molar-refractivity contribution in [3.63, 3.8) is 0 Å². The Morgan fingerprint density at radius 3 is 1.91 bits per heavy atom. The topological polar surface area (TPSA) is 112 Å². The van der Waals surface area contributed by atoms with E-state index < -0.39 is 25.6 Å². The number of carbonyl (C=O) groups is 3. The average molecular weight is 818 g/mol. The molecule has 0 saturated carbocycles. The van der Waals surface area contributed by atoms with Crippen LogP contribution < -0.4 is 14.4 Å². The molecule has 1 aromatic heterocycles. The van der Waals surface area contributed by atoms with Gasteiger partial charge in [-0.15, -0.1) is 9.63 Å². The SMILES string of the molecule is CCN(CC)c1ccc2nc3ccc(N=Nc4ccc(N(C)CCCCCC(=O)ON5C(=O)CCC5=O)cc4)cc3[n+](-c3ccccc3)c2c1.F[P-](F)(F)(F)(F)F. The molecule has 0 radical (unpaired) electrons. The second-order valence-corrected chi connectivity index (χ2v) is 15.2. The molecule has 11 nitrogen and oxygen atoms in total. The van der Waals surface area contributed by atoms with Crippen molar-refractivity contribution >= 4 is 70.4 Å². The third-order valence-corrected chi connectivity index (χ3v) is 8.93. The Morgan fingerprint density at radius 2 is 1.30 bits per heavy atom. The number of para-hydroxylation sites is 1. The third kappa shape index (κ3) is 12.7. The maximum absolute atomic E-state index is 12.0. The molecule has 1 aliphatic rings. The molecule has 6 rings (SSSR count). The summed E-state index contributed by atoms with van der Waals surface area (Å²) >= 11 is 0. The van der Waals surface area contributed by atoms with Crippen molar-refractivity contribution in [3.8, 4) is 5.69 Å². The zero-order valence-electron chi connectivity index (χ0n) is 31.5. The van der Waals surface area contributed by atoms with Gasteiger partial charge in [-0.3, -0.25) is 9.59 Å². The van der Waals surface area contributed by atoms with Crippen molar-refractivity contribution < 1.29 is 49.0 Å². The molecule has 4 aromatic carbocycles. The molecule has 5 aromatic rings. The van der Waals surface area contributed by atoms with E-state index in [-0.39, 0.29) is 19.3 Å². The van der Waals surface area contributed by atoms with Crippen LogP contribution in [-0.2, 0) is 19.2 Å². The molecule has 1 aliphatic heterocycles. The fourth-order valence-electron chi connectivity index (χ4n) is 6.15. The fraction of sp³-hybridized carbons (Fsp3) is 0.308. The quantitative estimate of drug-likeness (QED) is 0.0209. The predicted octanol–water partition coefficient (Wildman–Crippen LogP) is 10.9. The number of hydrogen-bond acceptors (Lipinski definition) is 9. The Kier molecular flexibility index (Phi) is 12.5. The van der Waals surface area contributed by atoms with Crippen LogP contribution in [0.1, 0.15) is 52.4 Å². The molecule has 1 fully saturated rings. The van der Waals surface area contributed by atoms with Gasteiger partial charge < -0.3 is 14.6 Å². The van der Waals surface area contributed by atoms with Crippen LogP contribution in [0.25, 0.3) is 27.8 Å². The van der Waals surface area contributed by atoms with Crippen molar-refractivity contribution in [1.82, 2.24) is 10.0 Å². The number of unbranched alkanes of at least 4 members (excludes halogenated alkanes) is 2. The number of rotatable bonds is 14. The number of hydroxylamine groups is 2. The van der Waals surface area contributed by atoms with Gasteiger partial charge in [-0.1, -0.05) is 24.6 Å². The number of anilines is 2. The zero-order valence-corrected chi connectivity index (χ0v) is 32.4. The monoisotopic (exact) mass is 817 g/mol. The van der Waals surface area contributed by atoms with E-state index >= 15 is 0 Å². The molecule has 0 N–H and O–H groups in total. The van der Waals surface area contributed by atoms with Crippen molar-refractivity contribution in [2.75, 3.05) is 36.5 Å². The van der Waals surface area contributed by atoms with Crippen molar-refractivity contribution in [2.24, 2.45) is 10.2 Å². The zero-order chi connectivity index (χ0) is 41.4. The van der Waals surface area contributed by atoms with E-state index in [1.165, 1.54) is 0 Å². The molecular weight excluding hydrogens is 775 g/mol. The molecule has 18 heteroatoms.